The van der Waals surface area contributed by atoms with Gasteiger partial charge in [0, 0.05) is 16.9 Å². The Morgan fingerprint density at radius 1 is 1.31 bits per heavy atom. The molecule has 1 aromatic carbocycles. The van der Waals surface area contributed by atoms with Crippen LogP contribution in [0.2, 0.25) is 10.0 Å². The van der Waals surface area contributed by atoms with E-state index in [1.165, 1.54) is 0 Å². The van der Waals surface area contributed by atoms with Gasteiger partial charge in [-0.1, -0.05) is 49.1 Å². The Kier molecular flexibility index (Phi) is 6.89. The summed E-state index contributed by atoms with van der Waals surface area (Å²) in [6.45, 7) is 7.96. The van der Waals surface area contributed by atoms with Gasteiger partial charge in [0.15, 0.2) is 11.9 Å². The molecule has 6 nitrogen and oxygen atoms in total. The largest absolute Gasteiger partial charge is 0.492 e. The number of carbonyl (C=O) groups excluding carboxylic acids is 1. The third-order valence-electron chi connectivity index (χ3n) is 3.45. The lowest BCUT2D eigenvalue weighted by Gasteiger charge is -2.12. The van der Waals surface area contributed by atoms with E-state index in [2.05, 4.69) is 10.1 Å². The summed E-state index contributed by atoms with van der Waals surface area (Å²) >= 11 is 11.8. The first kappa shape index (κ1) is 20.5. The van der Waals surface area contributed by atoms with E-state index in [4.69, 9.17) is 37.2 Å². The first-order chi connectivity index (χ1) is 12.2. The first-order valence-corrected chi connectivity index (χ1v) is 9.04. The van der Waals surface area contributed by atoms with Crippen molar-refractivity contribution < 1.29 is 18.8 Å². The molecule has 2 rings (SSSR count). The highest BCUT2D eigenvalue weighted by Gasteiger charge is 2.24. The fourth-order valence-electron chi connectivity index (χ4n) is 2.00. The summed E-state index contributed by atoms with van der Waals surface area (Å²) < 4.78 is 16.0. The van der Waals surface area contributed by atoms with Crippen LogP contribution in [0.1, 0.15) is 58.4 Å². The van der Waals surface area contributed by atoms with Crippen LogP contribution < -0.4 is 4.74 Å². The maximum atomic E-state index is 11.9. The van der Waals surface area contributed by atoms with Crippen LogP contribution in [-0.2, 0) is 14.9 Å². The minimum Gasteiger partial charge on any atom is -0.492 e. The lowest BCUT2D eigenvalue weighted by atomic mass is 9.96. The van der Waals surface area contributed by atoms with Gasteiger partial charge in [-0.05, 0) is 31.5 Å². The second kappa shape index (κ2) is 8.73. The lowest BCUT2D eigenvalue weighted by Crippen LogP contribution is -2.14. The van der Waals surface area contributed by atoms with Gasteiger partial charge in [0.1, 0.15) is 5.75 Å². The number of halogens is 2. The zero-order valence-corrected chi connectivity index (χ0v) is 16.7. The Morgan fingerprint density at radius 3 is 2.65 bits per heavy atom. The van der Waals surface area contributed by atoms with Crippen LogP contribution in [0.15, 0.2) is 22.7 Å². The molecule has 2 aromatic rings. The lowest BCUT2D eigenvalue weighted by molar-refractivity contribution is -0.150. The zero-order valence-electron chi connectivity index (χ0n) is 15.2. The van der Waals surface area contributed by atoms with Crippen molar-refractivity contribution in [1.82, 2.24) is 10.1 Å². The maximum Gasteiger partial charge on any atom is 0.306 e. The standard InChI is InChI=1S/C18H22Cl2N2O4/c1-11(16-21-17(22-26-16)18(2,3)4)25-15(23)6-5-9-24-14-8-7-12(19)10-13(14)20/h7-8,10-11H,5-6,9H2,1-4H3. The summed E-state index contributed by atoms with van der Waals surface area (Å²) in [7, 11) is 0. The van der Waals surface area contributed by atoms with E-state index in [0.717, 1.165) is 0 Å². The van der Waals surface area contributed by atoms with Gasteiger partial charge in [-0.15, -0.1) is 0 Å². The number of nitrogens with zero attached hydrogens (tertiary/aromatic N) is 2. The van der Waals surface area contributed by atoms with Crippen molar-refractivity contribution in [2.45, 2.75) is 52.1 Å². The van der Waals surface area contributed by atoms with E-state index < -0.39 is 6.10 Å². The number of hydrogen-bond donors (Lipinski definition) is 0. The Hall–Kier alpha value is -1.79. The summed E-state index contributed by atoms with van der Waals surface area (Å²) in [4.78, 5) is 16.2. The molecule has 0 aliphatic heterocycles. The number of carbonyl (C=O) groups is 1. The molecule has 0 saturated carbocycles. The third-order valence-corrected chi connectivity index (χ3v) is 3.98. The van der Waals surface area contributed by atoms with Crippen LogP contribution >= 0.6 is 23.2 Å². The van der Waals surface area contributed by atoms with E-state index in [-0.39, 0.29) is 23.7 Å². The van der Waals surface area contributed by atoms with Gasteiger partial charge in [0.05, 0.1) is 11.6 Å². The topological polar surface area (TPSA) is 74.5 Å². The second-order valence-corrected chi connectivity index (χ2v) is 7.71. The van der Waals surface area contributed by atoms with Crippen LogP contribution in [0, 0.1) is 0 Å². The maximum absolute atomic E-state index is 11.9. The normalized spacial score (nSPS) is 12.7. The Bertz CT molecular complexity index is 756. The quantitative estimate of drug-likeness (QED) is 0.473. The molecule has 1 aromatic heterocycles. The molecule has 142 valence electrons. The van der Waals surface area contributed by atoms with Crippen molar-refractivity contribution in [3.63, 3.8) is 0 Å². The SMILES string of the molecule is CC(OC(=O)CCCOc1ccc(Cl)cc1Cl)c1nc(C(C)(C)C)no1. The predicted octanol–water partition coefficient (Wildman–Crippen LogP) is 5.14. The number of benzene rings is 1. The molecule has 0 fully saturated rings. The van der Waals surface area contributed by atoms with E-state index >= 15 is 0 Å². The van der Waals surface area contributed by atoms with E-state index in [0.29, 0.717) is 34.6 Å². The molecule has 0 aliphatic carbocycles. The van der Waals surface area contributed by atoms with Crippen molar-refractivity contribution in [3.8, 4) is 5.75 Å². The van der Waals surface area contributed by atoms with Crippen molar-refractivity contribution in [2.75, 3.05) is 6.61 Å². The van der Waals surface area contributed by atoms with Gasteiger partial charge in [0.25, 0.3) is 5.89 Å². The number of rotatable bonds is 7. The molecular weight excluding hydrogens is 379 g/mol. The molecule has 0 bridgehead atoms. The van der Waals surface area contributed by atoms with Crippen LogP contribution in [0.3, 0.4) is 0 Å². The highest BCUT2D eigenvalue weighted by Crippen LogP contribution is 2.27. The van der Waals surface area contributed by atoms with Gasteiger partial charge in [-0.2, -0.15) is 4.98 Å². The number of aromatic nitrogens is 2. The summed E-state index contributed by atoms with van der Waals surface area (Å²) in [6, 6.07) is 4.98. The fraction of sp³-hybridized carbons (Fsp3) is 0.500. The van der Waals surface area contributed by atoms with Crippen molar-refractivity contribution in [2.24, 2.45) is 0 Å². The van der Waals surface area contributed by atoms with Gasteiger partial charge in [-0.25, -0.2) is 0 Å². The van der Waals surface area contributed by atoms with E-state index in [1.807, 2.05) is 20.8 Å². The van der Waals surface area contributed by atoms with Crippen LogP contribution in [0.25, 0.3) is 0 Å². The molecule has 1 unspecified atom stereocenters. The Morgan fingerprint density at radius 2 is 2.04 bits per heavy atom. The highest BCUT2D eigenvalue weighted by atomic mass is 35.5. The summed E-state index contributed by atoms with van der Waals surface area (Å²) in [5.41, 5.74) is -0.230. The first-order valence-electron chi connectivity index (χ1n) is 8.28. The van der Waals surface area contributed by atoms with Gasteiger partial charge < -0.3 is 14.0 Å². The van der Waals surface area contributed by atoms with Crippen LogP contribution in [0.4, 0.5) is 0 Å². The van der Waals surface area contributed by atoms with Gasteiger partial charge in [0.2, 0.25) is 0 Å². The molecule has 0 aliphatic rings. The van der Waals surface area contributed by atoms with Gasteiger partial charge in [-0.3, -0.25) is 4.79 Å². The van der Waals surface area contributed by atoms with E-state index in [1.54, 1.807) is 25.1 Å². The molecule has 8 heteroatoms. The van der Waals surface area contributed by atoms with Gasteiger partial charge >= 0.3 is 5.97 Å². The molecule has 0 amide bonds. The van der Waals surface area contributed by atoms with Crippen LogP contribution in [0.5, 0.6) is 5.75 Å². The Labute approximate surface area is 162 Å². The number of ether oxygens (including phenoxy) is 2. The minimum atomic E-state index is -0.599. The summed E-state index contributed by atoms with van der Waals surface area (Å²) in [5, 5.41) is 4.89. The number of esters is 1. The second-order valence-electron chi connectivity index (χ2n) is 6.87. The molecule has 0 N–H and O–H groups in total. The molecule has 1 atom stereocenters. The predicted molar refractivity (Wildman–Crippen MR) is 98.7 cm³/mol. The van der Waals surface area contributed by atoms with Crippen molar-refractivity contribution >= 4 is 29.2 Å². The average molecular weight is 401 g/mol. The zero-order chi connectivity index (χ0) is 19.3. The molecular formula is C18H22Cl2N2O4. The average Bonchev–Trinajstić information content (AvgIpc) is 3.03. The summed E-state index contributed by atoms with van der Waals surface area (Å²) in [5.74, 6) is 1.02. The van der Waals surface area contributed by atoms with Crippen molar-refractivity contribution in [3.05, 3.63) is 40.0 Å². The highest BCUT2D eigenvalue weighted by molar-refractivity contribution is 6.35. The molecule has 0 spiro atoms. The monoisotopic (exact) mass is 400 g/mol. The molecule has 0 saturated heterocycles. The van der Waals surface area contributed by atoms with Crippen molar-refractivity contribution in [1.29, 1.82) is 0 Å². The van der Waals surface area contributed by atoms with E-state index in [9.17, 15) is 4.79 Å². The third kappa shape index (κ3) is 5.88. The summed E-state index contributed by atoms with van der Waals surface area (Å²) in [6.07, 6.45) is 0.0925. The number of hydrogen-bond acceptors (Lipinski definition) is 6. The molecule has 0 radical (unpaired) electrons. The fourth-order valence-corrected chi connectivity index (χ4v) is 2.47. The Balaban J connectivity index is 1.75. The van der Waals surface area contributed by atoms with Crippen LogP contribution in [-0.4, -0.2) is 22.7 Å². The smallest absolute Gasteiger partial charge is 0.306 e. The molecule has 1 heterocycles. The molecule has 26 heavy (non-hydrogen) atoms. The minimum absolute atomic E-state index is 0.204.